The Hall–Kier alpha value is -2.08. The predicted octanol–water partition coefficient (Wildman–Crippen LogP) is 3.66. The van der Waals surface area contributed by atoms with Crippen LogP contribution < -0.4 is 14.9 Å². The zero-order chi connectivity index (χ0) is 19.2. The highest BCUT2D eigenvalue weighted by Gasteiger charge is 2.08. The van der Waals surface area contributed by atoms with Crippen LogP contribution in [0.4, 0.5) is 0 Å². The zero-order valence-electron chi connectivity index (χ0n) is 16.2. The summed E-state index contributed by atoms with van der Waals surface area (Å²) in [5.41, 5.74) is 3.27. The van der Waals surface area contributed by atoms with Crippen molar-refractivity contribution in [1.82, 2.24) is 5.43 Å². The van der Waals surface area contributed by atoms with Gasteiger partial charge in [0.2, 0.25) is 5.91 Å². The zero-order valence-corrected chi connectivity index (χ0v) is 16.2. The second-order valence-corrected chi connectivity index (χ2v) is 6.30. The minimum Gasteiger partial charge on any atom is -0.493 e. The molecule has 1 aromatic carbocycles. The molecule has 1 amide bonds. The van der Waals surface area contributed by atoms with Gasteiger partial charge < -0.3 is 14.6 Å². The first-order valence-corrected chi connectivity index (χ1v) is 9.32. The summed E-state index contributed by atoms with van der Waals surface area (Å²) in [5.74, 6) is 1.04. The number of methoxy groups -OCH3 is 2. The van der Waals surface area contributed by atoms with Crippen molar-refractivity contribution in [3.63, 3.8) is 0 Å². The Morgan fingerprint density at radius 1 is 1.15 bits per heavy atom. The van der Waals surface area contributed by atoms with Crippen molar-refractivity contribution in [2.75, 3.05) is 14.2 Å². The highest BCUT2D eigenvalue weighted by Crippen LogP contribution is 2.26. The van der Waals surface area contributed by atoms with Gasteiger partial charge in [0.1, 0.15) is 0 Å². The molecule has 1 rings (SSSR count). The fourth-order valence-corrected chi connectivity index (χ4v) is 2.59. The van der Waals surface area contributed by atoms with Gasteiger partial charge in [-0.1, -0.05) is 39.0 Å². The van der Waals surface area contributed by atoms with Crippen molar-refractivity contribution in [3.8, 4) is 11.5 Å². The number of carbonyl (C=O) groups excluding carboxylic acids is 1. The lowest BCUT2D eigenvalue weighted by molar-refractivity contribution is -0.121. The van der Waals surface area contributed by atoms with Gasteiger partial charge in [-0.25, -0.2) is 5.43 Å². The molecular weight excluding hydrogens is 332 g/mol. The third-order valence-electron chi connectivity index (χ3n) is 4.16. The van der Waals surface area contributed by atoms with Crippen molar-refractivity contribution in [3.05, 3.63) is 23.8 Å². The number of nitrogens with zero attached hydrogens (tertiary/aromatic N) is 1. The van der Waals surface area contributed by atoms with Crippen LogP contribution in [0.5, 0.6) is 11.5 Å². The van der Waals surface area contributed by atoms with Gasteiger partial charge in [0.25, 0.3) is 0 Å². The average molecular weight is 364 g/mol. The summed E-state index contributed by atoms with van der Waals surface area (Å²) in [7, 11) is 3.14. The Morgan fingerprint density at radius 3 is 2.58 bits per heavy atom. The maximum atomic E-state index is 11.8. The van der Waals surface area contributed by atoms with Crippen LogP contribution in [-0.4, -0.2) is 37.6 Å². The average Bonchev–Trinajstić information content (AvgIpc) is 2.66. The van der Waals surface area contributed by atoms with E-state index in [1.807, 2.05) is 6.07 Å². The van der Waals surface area contributed by atoms with Crippen LogP contribution in [0, 0.1) is 0 Å². The SMILES string of the molecule is CCCCCCC[C@H](O)CCC(=O)N/N=C\c1ccc(OC)c(OC)c1. The molecule has 6 heteroatoms. The third-order valence-corrected chi connectivity index (χ3v) is 4.16. The third kappa shape index (κ3) is 8.85. The Bertz CT molecular complexity index is 561. The van der Waals surface area contributed by atoms with E-state index in [1.165, 1.54) is 19.3 Å². The molecule has 6 nitrogen and oxygen atoms in total. The van der Waals surface area contributed by atoms with E-state index in [4.69, 9.17) is 9.47 Å². The van der Waals surface area contributed by atoms with Gasteiger partial charge in [-0.2, -0.15) is 5.10 Å². The maximum Gasteiger partial charge on any atom is 0.240 e. The number of aliphatic hydroxyl groups excluding tert-OH is 1. The number of rotatable bonds is 13. The number of unbranched alkanes of at least 4 members (excludes halogenated alkanes) is 4. The molecule has 146 valence electrons. The highest BCUT2D eigenvalue weighted by molar-refractivity contribution is 5.83. The fraction of sp³-hybridized carbons (Fsp3) is 0.600. The van der Waals surface area contributed by atoms with E-state index in [-0.39, 0.29) is 12.3 Å². The van der Waals surface area contributed by atoms with Crippen molar-refractivity contribution in [1.29, 1.82) is 0 Å². The van der Waals surface area contributed by atoms with Crippen molar-refractivity contribution in [2.45, 2.75) is 64.4 Å². The monoisotopic (exact) mass is 364 g/mol. The van der Waals surface area contributed by atoms with Crippen LogP contribution >= 0.6 is 0 Å². The van der Waals surface area contributed by atoms with Crippen molar-refractivity contribution < 1.29 is 19.4 Å². The first-order chi connectivity index (χ1) is 12.6. The largest absolute Gasteiger partial charge is 0.493 e. The molecular formula is C20H32N2O4. The normalized spacial score (nSPS) is 12.2. The lowest BCUT2D eigenvalue weighted by Crippen LogP contribution is -2.19. The number of hydrazone groups is 1. The first-order valence-electron chi connectivity index (χ1n) is 9.32. The number of hydrogen-bond donors (Lipinski definition) is 2. The highest BCUT2D eigenvalue weighted by atomic mass is 16.5. The van der Waals surface area contributed by atoms with Gasteiger partial charge in [-0.05, 0) is 36.6 Å². The number of aliphatic hydroxyl groups is 1. The minimum atomic E-state index is -0.419. The topological polar surface area (TPSA) is 80.2 Å². The van der Waals surface area contributed by atoms with Gasteiger partial charge in [0.05, 0.1) is 26.5 Å². The molecule has 0 heterocycles. The Labute approximate surface area is 156 Å². The molecule has 0 radical (unpaired) electrons. The van der Waals surface area contributed by atoms with Crippen molar-refractivity contribution in [2.24, 2.45) is 5.10 Å². The summed E-state index contributed by atoms with van der Waals surface area (Å²) in [5, 5.41) is 13.9. The number of hydrogen-bond acceptors (Lipinski definition) is 5. The lowest BCUT2D eigenvalue weighted by Gasteiger charge is -2.09. The molecule has 2 N–H and O–H groups in total. The summed E-state index contributed by atoms with van der Waals surface area (Å²) in [6, 6.07) is 5.37. The van der Waals surface area contributed by atoms with Crippen LogP contribution in [-0.2, 0) is 4.79 Å². The fourth-order valence-electron chi connectivity index (χ4n) is 2.59. The van der Waals surface area contributed by atoms with Gasteiger partial charge >= 0.3 is 0 Å². The number of carbonyl (C=O) groups is 1. The molecule has 0 spiro atoms. The summed E-state index contributed by atoms with van der Waals surface area (Å²) in [4.78, 5) is 11.8. The molecule has 0 saturated carbocycles. The van der Waals surface area contributed by atoms with Crippen LogP contribution in [0.2, 0.25) is 0 Å². The van der Waals surface area contributed by atoms with Gasteiger partial charge in [0, 0.05) is 6.42 Å². The molecule has 0 aliphatic heterocycles. The van der Waals surface area contributed by atoms with Gasteiger partial charge in [-0.3, -0.25) is 4.79 Å². The van der Waals surface area contributed by atoms with E-state index in [0.29, 0.717) is 17.9 Å². The van der Waals surface area contributed by atoms with Crippen LogP contribution in [0.25, 0.3) is 0 Å². The minimum absolute atomic E-state index is 0.202. The van der Waals surface area contributed by atoms with Gasteiger partial charge in [0.15, 0.2) is 11.5 Å². The molecule has 1 aromatic rings. The molecule has 0 unspecified atom stereocenters. The van der Waals surface area contributed by atoms with E-state index in [1.54, 1.807) is 32.6 Å². The molecule has 1 atom stereocenters. The second-order valence-electron chi connectivity index (χ2n) is 6.30. The Balaban J connectivity index is 2.28. The Morgan fingerprint density at radius 2 is 1.88 bits per heavy atom. The lowest BCUT2D eigenvalue weighted by atomic mass is 10.0. The van der Waals surface area contributed by atoms with E-state index in [2.05, 4.69) is 17.5 Å². The summed E-state index contributed by atoms with van der Waals surface area (Å²) < 4.78 is 10.4. The quantitative estimate of drug-likeness (QED) is 0.318. The smallest absolute Gasteiger partial charge is 0.240 e. The summed E-state index contributed by atoms with van der Waals surface area (Å²) in [6.45, 7) is 2.18. The molecule has 0 aliphatic rings. The number of nitrogens with one attached hydrogen (secondary N) is 1. The molecule has 0 aliphatic carbocycles. The standard InChI is InChI=1S/C20H32N2O4/c1-4-5-6-7-8-9-17(23)11-13-20(24)22-21-15-16-10-12-18(25-2)19(14-16)26-3/h10,12,14-15,17,23H,4-9,11,13H2,1-3H3,(H,22,24)/b21-15-/t17-/m0/s1. The number of benzene rings is 1. The van der Waals surface area contributed by atoms with Crippen LogP contribution in [0.15, 0.2) is 23.3 Å². The number of ether oxygens (including phenoxy) is 2. The molecule has 0 fully saturated rings. The summed E-state index contributed by atoms with van der Waals surface area (Å²) in [6.07, 6.45) is 8.45. The van der Waals surface area contributed by atoms with Crippen LogP contribution in [0.1, 0.15) is 63.9 Å². The van der Waals surface area contributed by atoms with E-state index in [9.17, 15) is 9.90 Å². The maximum absolute atomic E-state index is 11.8. The Kier molecular flexibility index (Phi) is 11.1. The molecule has 0 saturated heterocycles. The second kappa shape index (κ2) is 13.2. The van der Waals surface area contributed by atoms with E-state index in [0.717, 1.165) is 24.8 Å². The van der Waals surface area contributed by atoms with Gasteiger partial charge in [-0.15, -0.1) is 0 Å². The molecule has 0 aromatic heterocycles. The van der Waals surface area contributed by atoms with E-state index >= 15 is 0 Å². The number of amides is 1. The van der Waals surface area contributed by atoms with E-state index < -0.39 is 6.10 Å². The van der Waals surface area contributed by atoms with Crippen molar-refractivity contribution >= 4 is 12.1 Å². The van der Waals surface area contributed by atoms with Crippen LogP contribution in [0.3, 0.4) is 0 Å². The molecule has 26 heavy (non-hydrogen) atoms. The summed E-state index contributed by atoms with van der Waals surface area (Å²) >= 11 is 0. The predicted molar refractivity (Wildman–Crippen MR) is 104 cm³/mol. The first kappa shape index (κ1) is 22.0. The molecule has 0 bridgehead atoms.